The lowest BCUT2D eigenvalue weighted by atomic mass is 10.0. The van der Waals surface area contributed by atoms with Crippen LogP contribution >= 0.6 is 15.9 Å². The number of primary sulfonamides is 1. The number of sulfonamides is 1. The number of nitrogens with two attached hydrogens (primary N) is 1. The highest BCUT2D eigenvalue weighted by Gasteiger charge is 2.19. The van der Waals surface area contributed by atoms with Gasteiger partial charge in [0.25, 0.3) is 0 Å². The van der Waals surface area contributed by atoms with Gasteiger partial charge in [-0.3, -0.25) is 0 Å². The minimum Gasteiger partial charge on any atom is -0.492 e. The minimum absolute atomic E-state index is 0.00827. The average Bonchev–Trinajstić information content (AvgIpc) is 2.37. The van der Waals surface area contributed by atoms with Gasteiger partial charge in [-0.05, 0) is 37.0 Å². The number of ether oxygens (including phenoxy) is 2. The highest BCUT2D eigenvalue weighted by Crippen LogP contribution is 2.27. The van der Waals surface area contributed by atoms with Crippen molar-refractivity contribution in [1.82, 2.24) is 0 Å². The molecule has 0 unspecified atom stereocenters. The molecule has 1 heterocycles. The second-order valence-corrected chi connectivity index (χ2v) is 6.95. The molecule has 0 aliphatic carbocycles. The van der Waals surface area contributed by atoms with E-state index >= 15 is 0 Å². The van der Waals surface area contributed by atoms with Gasteiger partial charge in [-0.1, -0.05) is 15.9 Å². The van der Waals surface area contributed by atoms with Crippen LogP contribution in [0.5, 0.6) is 5.75 Å². The standard InChI is InChI=1S/C12H16BrNO4S/c13-10-1-2-11(12(7-10)19(14,15)16)18-8-9-3-5-17-6-4-9/h1-2,7,9H,3-6,8H2,(H2,14,15,16). The van der Waals surface area contributed by atoms with Gasteiger partial charge in [0, 0.05) is 17.7 Å². The Bertz CT molecular complexity index is 541. The summed E-state index contributed by atoms with van der Waals surface area (Å²) in [5.41, 5.74) is 0. The van der Waals surface area contributed by atoms with Crippen LogP contribution < -0.4 is 9.88 Å². The second-order valence-electron chi connectivity index (χ2n) is 4.50. The van der Waals surface area contributed by atoms with Crippen LogP contribution in [0.2, 0.25) is 0 Å². The van der Waals surface area contributed by atoms with Gasteiger partial charge >= 0.3 is 0 Å². The fourth-order valence-corrected chi connectivity index (χ4v) is 3.16. The minimum atomic E-state index is -3.79. The maximum Gasteiger partial charge on any atom is 0.241 e. The summed E-state index contributed by atoms with van der Waals surface area (Å²) in [6.45, 7) is 1.94. The molecule has 0 saturated carbocycles. The number of benzene rings is 1. The van der Waals surface area contributed by atoms with Crippen molar-refractivity contribution < 1.29 is 17.9 Å². The molecule has 1 fully saturated rings. The quantitative estimate of drug-likeness (QED) is 0.900. The van der Waals surface area contributed by atoms with Crippen molar-refractivity contribution in [3.05, 3.63) is 22.7 Å². The number of hydrogen-bond donors (Lipinski definition) is 1. The normalized spacial score (nSPS) is 17.4. The van der Waals surface area contributed by atoms with Crippen molar-refractivity contribution in [1.29, 1.82) is 0 Å². The first-order valence-electron chi connectivity index (χ1n) is 6.00. The van der Waals surface area contributed by atoms with E-state index < -0.39 is 10.0 Å². The third kappa shape index (κ3) is 4.17. The van der Waals surface area contributed by atoms with E-state index in [1.165, 1.54) is 6.07 Å². The summed E-state index contributed by atoms with van der Waals surface area (Å²) in [5.74, 6) is 0.697. The third-order valence-corrected chi connectivity index (χ3v) is 4.45. The Morgan fingerprint density at radius 1 is 1.37 bits per heavy atom. The summed E-state index contributed by atoms with van der Waals surface area (Å²) in [6, 6.07) is 4.80. The smallest absolute Gasteiger partial charge is 0.241 e. The molecule has 1 saturated heterocycles. The van der Waals surface area contributed by atoms with Gasteiger partial charge in [0.2, 0.25) is 10.0 Å². The molecule has 0 aromatic heterocycles. The summed E-state index contributed by atoms with van der Waals surface area (Å²) in [4.78, 5) is 0.00827. The molecule has 0 amide bonds. The Hall–Kier alpha value is -0.630. The van der Waals surface area contributed by atoms with Gasteiger partial charge in [0.1, 0.15) is 10.6 Å². The molecule has 1 aromatic rings. The molecule has 0 atom stereocenters. The fourth-order valence-electron chi connectivity index (χ4n) is 1.94. The predicted octanol–water partition coefficient (Wildman–Crippen LogP) is 1.90. The summed E-state index contributed by atoms with van der Waals surface area (Å²) in [7, 11) is -3.79. The van der Waals surface area contributed by atoms with Crippen LogP contribution in [0.15, 0.2) is 27.6 Å². The van der Waals surface area contributed by atoms with Gasteiger partial charge in [0.15, 0.2) is 0 Å². The van der Waals surface area contributed by atoms with Crippen LogP contribution in [0.4, 0.5) is 0 Å². The largest absolute Gasteiger partial charge is 0.492 e. The zero-order chi connectivity index (χ0) is 13.9. The molecule has 2 N–H and O–H groups in total. The molecule has 1 aliphatic heterocycles. The Balaban J connectivity index is 2.11. The Morgan fingerprint density at radius 2 is 2.05 bits per heavy atom. The van der Waals surface area contributed by atoms with Gasteiger partial charge in [-0.25, -0.2) is 13.6 Å². The summed E-state index contributed by atoms with van der Waals surface area (Å²) >= 11 is 3.22. The monoisotopic (exact) mass is 349 g/mol. The molecule has 106 valence electrons. The van der Waals surface area contributed by atoms with Gasteiger partial charge in [0.05, 0.1) is 6.61 Å². The lowest BCUT2D eigenvalue weighted by Gasteiger charge is -2.22. The molecule has 19 heavy (non-hydrogen) atoms. The van der Waals surface area contributed by atoms with Gasteiger partial charge in [-0.2, -0.15) is 0 Å². The molecule has 0 spiro atoms. The highest BCUT2D eigenvalue weighted by atomic mass is 79.9. The lowest BCUT2D eigenvalue weighted by Crippen LogP contribution is -2.22. The first-order valence-corrected chi connectivity index (χ1v) is 8.33. The zero-order valence-corrected chi connectivity index (χ0v) is 12.7. The Labute approximate surface area is 121 Å². The van der Waals surface area contributed by atoms with Crippen LogP contribution in [0.3, 0.4) is 0 Å². The SMILES string of the molecule is NS(=O)(=O)c1cc(Br)ccc1OCC1CCOCC1. The van der Waals surface area contributed by atoms with Crippen LogP contribution in [-0.2, 0) is 14.8 Å². The summed E-state index contributed by atoms with van der Waals surface area (Å²) in [6.07, 6.45) is 1.86. The molecular weight excluding hydrogens is 334 g/mol. The molecule has 7 heteroatoms. The number of rotatable bonds is 4. The zero-order valence-electron chi connectivity index (χ0n) is 10.3. The molecule has 0 radical (unpaired) electrons. The van der Waals surface area contributed by atoms with E-state index in [4.69, 9.17) is 14.6 Å². The molecule has 1 aliphatic rings. The average molecular weight is 350 g/mol. The second kappa shape index (κ2) is 6.21. The number of halogens is 1. The van der Waals surface area contributed by atoms with E-state index in [2.05, 4.69) is 15.9 Å². The van der Waals surface area contributed by atoms with Crippen molar-refractivity contribution in [3.63, 3.8) is 0 Å². The van der Waals surface area contributed by atoms with E-state index in [0.29, 0.717) is 22.7 Å². The van der Waals surface area contributed by atoms with E-state index in [1.807, 2.05) is 0 Å². The van der Waals surface area contributed by atoms with Crippen LogP contribution in [0, 0.1) is 5.92 Å². The molecule has 0 bridgehead atoms. The fraction of sp³-hybridized carbons (Fsp3) is 0.500. The van der Waals surface area contributed by atoms with Crippen molar-refractivity contribution >= 4 is 26.0 Å². The predicted molar refractivity (Wildman–Crippen MR) is 74.6 cm³/mol. The van der Waals surface area contributed by atoms with Crippen molar-refractivity contribution in [3.8, 4) is 5.75 Å². The van der Waals surface area contributed by atoms with Gasteiger partial charge < -0.3 is 9.47 Å². The summed E-state index contributed by atoms with van der Waals surface area (Å²) in [5, 5.41) is 5.19. The third-order valence-electron chi connectivity index (χ3n) is 3.03. The Kier molecular flexibility index (Phi) is 4.83. The van der Waals surface area contributed by atoms with Gasteiger partial charge in [-0.15, -0.1) is 0 Å². The van der Waals surface area contributed by atoms with Crippen molar-refractivity contribution in [2.24, 2.45) is 11.1 Å². The van der Waals surface area contributed by atoms with E-state index in [-0.39, 0.29) is 4.90 Å². The molecule has 1 aromatic carbocycles. The van der Waals surface area contributed by atoms with Crippen LogP contribution in [-0.4, -0.2) is 28.2 Å². The number of hydrogen-bond acceptors (Lipinski definition) is 4. The maximum absolute atomic E-state index is 11.5. The van der Waals surface area contributed by atoms with Crippen molar-refractivity contribution in [2.45, 2.75) is 17.7 Å². The van der Waals surface area contributed by atoms with Crippen LogP contribution in [0.1, 0.15) is 12.8 Å². The lowest BCUT2D eigenvalue weighted by molar-refractivity contribution is 0.0493. The highest BCUT2D eigenvalue weighted by molar-refractivity contribution is 9.10. The Morgan fingerprint density at radius 3 is 2.68 bits per heavy atom. The van der Waals surface area contributed by atoms with E-state index in [0.717, 1.165) is 26.1 Å². The summed E-state index contributed by atoms with van der Waals surface area (Å²) < 4.78 is 34.6. The molecule has 5 nitrogen and oxygen atoms in total. The molecular formula is C12H16BrNO4S. The topological polar surface area (TPSA) is 78.6 Å². The van der Waals surface area contributed by atoms with E-state index in [9.17, 15) is 8.42 Å². The first kappa shape index (κ1) is 14.8. The molecule has 2 rings (SSSR count). The maximum atomic E-state index is 11.5. The van der Waals surface area contributed by atoms with E-state index in [1.54, 1.807) is 12.1 Å². The first-order chi connectivity index (χ1) is 8.97. The van der Waals surface area contributed by atoms with Crippen LogP contribution in [0.25, 0.3) is 0 Å². The van der Waals surface area contributed by atoms with Crippen molar-refractivity contribution in [2.75, 3.05) is 19.8 Å².